The zero-order chi connectivity index (χ0) is 11.3. The lowest BCUT2D eigenvalue weighted by Gasteiger charge is -2.16. The van der Waals surface area contributed by atoms with Gasteiger partial charge in [-0.25, -0.2) is 4.79 Å². The van der Waals surface area contributed by atoms with Crippen molar-refractivity contribution in [2.45, 2.75) is 32.7 Å². The van der Waals surface area contributed by atoms with Gasteiger partial charge in [0.15, 0.2) is 5.79 Å². The third-order valence-electron chi connectivity index (χ3n) is 1.90. The number of hydrogen-bond acceptors (Lipinski definition) is 5. The Bertz CT molecular complexity index is 214. The molecule has 1 rings (SSSR count). The molecule has 15 heavy (non-hydrogen) atoms. The van der Waals surface area contributed by atoms with Crippen LogP contribution in [-0.4, -0.2) is 44.3 Å². The summed E-state index contributed by atoms with van der Waals surface area (Å²) in [6.07, 6.45) is -0.102. The average Bonchev–Trinajstić information content (AvgIpc) is 2.46. The Balaban J connectivity index is 2.09. The highest BCUT2D eigenvalue weighted by Crippen LogP contribution is 2.22. The molecule has 0 N–H and O–H groups in total. The van der Waals surface area contributed by atoms with Gasteiger partial charge in [-0.3, -0.25) is 0 Å². The van der Waals surface area contributed by atoms with Crippen LogP contribution in [0.15, 0.2) is 0 Å². The first-order valence-corrected chi connectivity index (χ1v) is 5.08. The minimum atomic E-state index is -0.544. The first kappa shape index (κ1) is 12.4. The van der Waals surface area contributed by atoms with E-state index in [1.54, 1.807) is 6.92 Å². The van der Waals surface area contributed by atoms with Gasteiger partial charge in [-0.05, 0) is 20.8 Å². The normalized spacial score (nSPS) is 24.1. The molecule has 1 aliphatic rings. The van der Waals surface area contributed by atoms with E-state index < -0.39 is 5.79 Å². The molecule has 5 heteroatoms. The standard InChI is InChI=1S/C10H18O5/c1-4-13-9(11)7-12-5-8-6-14-10(2,3)15-8/h8H,4-7H2,1-3H3. The minimum absolute atomic E-state index is 0.0336. The van der Waals surface area contributed by atoms with Crippen LogP contribution in [0.2, 0.25) is 0 Å². The molecule has 0 aromatic carbocycles. The highest BCUT2D eigenvalue weighted by molar-refractivity contribution is 5.70. The van der Waals surface area contributed by atoms with Gasteiger partial charge in [-0.15, -0.1) is 0 Å². The monoisotopic (exact) mass is 218 g/mol. The molecule has 0 aliphatic carbocycles. The predicted octanol–water partition coefficient (Wildman–Crippen LogP) is 0.718. The summed E-state index contributed by atoms with van der Waals surface area (Å²) in [5.74, 6) is -0.895. The lowest BCUT2D eigenvalue weighted by atomic mass is 10.4. The lowest BCUT2D eigenvalue weighted by molar-refractivity contribution is -0.154. The minimum Gasteiger partial charge on any atom is -0.464 e. The summed E-state index contributed by atoms with van der Waals surface area (Å²) in [7, 11) is 0. The van der Waals surface area contributed by atoms with Crippen LogP contribution in [-0.2, 0) is 23.7 Å². The summed E-state index contributed by atoms with van der Waals surface area (Å²) < 4.78 is 20.7. The van der Waals surface area contributed by atoms with E-state index in [9.17, 15) is 4.79 Å². The van der Waals surface area contributed by atoms with Crippen LogP contribution < -0.4 is 0 Å². The molecule has 88 valence electrons. The van der Waals surface area contributed by atoms with Crippen molar-refractivity contribution < 1.29 is 23.7 Å². The van der Waals surface area contributed by atoms with Crippen molar-refractivity contribution >= 4 is 5.97 Å². The van der Waals surface area contributed by atoms with E-state index in [-0.39, 0.29) is 18.7 Å². The van der Waals surface area contributed by atoms with E-state index in [0.29, 0.717) is 19.8 Å². The van der Waals surface area contributed by atoms with E-state index in [2.05, 4.69) is 0 Å². The maximum Gasteiger partial charge on any atom is 0.332 e. The molecule has 1 heterocycles. The molecule has 1 aliphatic heterocycles. The number of rotatable bonds is 5. The van der Waals surface area contributed by atoms with Gasteiger partial charge in [0, 0.05) is 0 Å². The van der Waals surface area contributed by atoms with E-state index >= 15 is 0 Å². The lowest BCUT2D eigenvalue weighted by Crippen LogP contribution is -2.25. The molecule has 1 unspecified atom stereocenters. The third kappa shape index (κ3) is 4.59. The van der Waals surface area contributed by atoms with Gasteiger partial charge >= 0.3 is 5.97 Å². The van der Waals surface area contributed by atoms with E-state index in [0.717, 1.165) is 0 Å². The second-order valence-corrected chi connectivity index (χ2v) is 3.77. The smallest absolute Gasteiger partial charge is 0.332 e. The summed E-state index contributed by atoms with van der Waals surface area (Å²) in [5, 5.41) is 0. The van der Waals surface area contributed by atoms with Crippen LogP contribution in [0.1, 0.15) is 20.8 Å². The van der Waals surface area contributed by atoms with Crippen molar-refractivity contribution in [1.82, 2.24) is 0 Å². The van der Waals surface area contributed by atoms with Crippen LogP contribution in [0, 0.1) is 0 Å². The van der Waals surface area contributed by atoms with Crippen molar-refractivity contribution in [3.63, 3.8) is 0 Å². The molecular weight excluding hydrogens is 200 g/mol. The van der Waals surface area contributed by atoms with E-state index in [4.69, 9.17) is 18.9 Å². The molecule has 1 saturated heterocycles. The van der Waals surface area contributed by atoms with Gasteiger partial charge in [0.2, 0.25) is 0 Å². The van der Waals surface area contributed by atoms with Gasteiger partial charge in [0.25, 0.3) is 0 Å². The number of carbonyl (C=O) groups is 1. The Kier molecular flexibility index (Phi) is 4.50. The third-order valence-corrected chi connectivity index (χ3v) is 1.90. The van der Waals surface area contributed by atoms with Gasteiger partial charge in [-0.2, -0.15) is 0 Å². The molecule has 0 saturated carbocycles. The quantitative estimate of drug-likeness (QED) is 0.636. The van der Waals surface area contributed by atoms with Gasteiger partial charge < -0.3 is 18.9 Å². The zero-order valence-electron chi connectivity index (χ0n) is 9.45. The topological polar surface area (TPSA) is 54.0 Å². The van der Waals surface area contributed by atoms with Crippen LogP contribution in [0.5, 0.6) is 0 Å². The number of hydrogen-bond donors (Lipinski definition) is 0. The number of esters is 1. The summed E-state index contributed by atoms with van der Waals surface area (Å²) in [6, 6.07) is 0. The SMILES string of the molecule is CCOC(=O)COCC1COC(C)(C)O1. The van der Waals surface area contributed by atoms with Crippen LogP contribution in [0.25, 0.3) is 0 Å². The summed E-state index contributed by atoms with van der Waals surface area (Å²) >= 11 is 0. The molecular formula is C10H18O5. The fraction of sp³-hybridized carbons (Fsp3) is 0.900. The van der Waals surface area contributed by atoms with Crippen molar-refractivity contribution in [2.75, 3.05) is 26.4 Å². The van der Waals surface area contributed by atoms with Crippen molar-refractivity contribution in [3.8, 4) is 0 Å². The first-order chi connectivity index (χ1) is 7.03. The number of ether oxygens (including phenoxy) is 4. The molecule has 5 nitrogen and oxygen atoms in total. The van der Waals surface area contributed by atoms with Gasteiger partial charge in [0.05, 0.1) is 19.8 Å². The summed E-state index contributed by atoms with van der Waals surface area (Å²) in [6.45, 7) is 6.63. The Morgan fingerprint density at radius 3 is 2.80 bits per heavy atom. The Hall–Kier alpha value is -0.650. The maximum atomic E-state index is 10.9. The molecule has 0 aromatic rings. The fourth-order valence-electron chi connectivity index (χ4n) is 1.32. The zero-order valence-corrected chi connectivity index (χ0v) is 9.45. The molecule has 0 amide bonds. The highest BCUT2D eigenvalue weighted by Gasteiger charge is 2.32. The Morgan fingerprint density at radius 1 is 1.53 bits per heavy atom. The van der Waals surface area contributed by atoms with Gasteiger partial charge in [-0.1, -0.05) is 0 Å². The van der Waals surface area contributed by atoms with Crippen LogP contribution in [0.4, 0.5) is 0 Å². The van der Waals surface area contributed by atoms with E-state index in [1.165, 1.54) is 0 Å². The van der Waals surface area contributed by atoms with Gasteiger partial charge in [0.1, 0.15) is 12.7 Å². The highest BCUT2D eigenvalue weighted by atomic mass is 16.7. The molecule has 1 atom stereocenters. The average molecular weight is 218 g/mol. The van der Waals surface area contributed by atoms with E-state index in [1.807, 2.05) is 13.8 Å². The fourth-order valence-corrected chi connectivity index (χ4v) is 1.32. The Morgan fingerprint density at radius 2 is 2.27 bits per heavy atom. The number of carbonyl (C=O) groups excluding carboxylic acids is 1. The van der Waals surface area contributed by atoms with Crippen molar-refractivity contribution in [3.05, 3.63) is 0 Å². The maximum absolute atomic E-state index is 10.9. The first-order valence-electron chi connectivity index (χ1n) is 5.08. The van der Waals surface area contributed by atoms with Crippen molar-refractivity contribution in [2.24, 2.45) is 0 Å². The second kappa shape index (κ2) is 5.44. The summed E-state index contributed by atoms with van der Waals surface area (Å²) in [5.41, 5.74) is 0. The molecule has 0 radical (unpaired) electrons. The van der Waals surface area contributed by atoms with Crippen LogP contribution in [0.3, 0.4) is 0 Å². The predicted molar refractivity (Wildman–Crippen MR) is 52.4 cm³/mol. The molecule has 0 bridgehead atoms. The van der Waals surface area contributed by atoms with Crippen LogP contribution >= 0.6 is 0 Å². The summed E-state index contributed by atoms with van der Waals surface area (Å²) in [4.78, 5) is 10.9. The Labute approximate surface area is 89.6 Å². The molecule has 1 fully saturated rings. The second-order valence-electron chi connectivity index (χ2n) is 3.77. The molecule has 0 aromatic heterocycles. The molecule has 0 spiro atoms. The van der Waals surface area contributed by atoms with Crippen molar-refractivity contribution in [1.29, 1.82) is 0 Å². The largest absolute Gasteiger partial charge is 0.464 e.